The molecule has 3 aromatic heterocycles. The summed E-state index contributed by atoms with van der Waals surface area (Å²) in [6.07, 6.45) is 4.76. The van der Waals surface area contributed by atoms with E-state index >= 15 is 0 Å². The summed E-state index contributed by atoms with van der Waals surface area (Å²) in [6, 6.07) is 15.5. The second-order valence-corrected chi connectivity index (χ2v) is 7.62. The van der Waals surface area contributed by atoms with Gasteiger partial charge in [-0.05, 0) is 44.5 Å². The second kappa shape index (κ2) is 9.01. The fourth-order valence-electron chi connectivity index (χ4n) is 3.73. The van der Waals surface area contributed by atoms with E-state index in [1.807, 2.05) is 38.1 Å². The molecule has 0 aliphatic carbocycles. The minimum absolute atomic E-state index is 0.232. The van der Waals surface area contributed by atoms with Gasteiger partial charge in [-0.15, -0.1) is 0 Å². The van der Waals surface area contributed by atoms with Gasteiger partial charge >= 0.3 is 5.97 Å². The molecule has 0 amide bonds. The molecular formula is C25H24N4O3. The molecular weight excluding hydrogens is 404 g/mol. The third kappa shape index (κ3) is 4.23. The van der Waals surface area contributed by atoms with E-state index in [2.05, 4.69) is 26.8 Å². The second-order valence-electron chi connectivity index (χ2n) is 7.62. The van der Waals surface area contributed by atoms with E-state index in [-0.39, 0.29) is 12.4 Å². The molecule has 4 aromatic rings. The number of aromatic nitrogens is 4. The van der Waals surface area contributed by atoms with Crippen LogP contribution in [0.25, 0.3) is 5.69 Å². The summed E-state index contributed by atoms with van der Waals surface area (Å²) >= 11 is 0. The molecule has 162 valence electrons. The first-order valence-corrected chi connectivity index (χ1v) is 10.3. The fraction of sp³-hybridized carbons (Fsp3) is 0.200. The average molecular weight is 428 g/mol. The molecule has 0 N–H and O–H groups in total. The molecule has 3 heterocycles. The highest BCUT2D eigenvalue weighted by Gasteiger charge is 2.20. The number of ether oxygens (including phenoxy) is 1. The molecule has 1 aromatic carbocycles. The highest BCUT2D eigenvalue weighted by Crippen LogP contribution is 2.19. The van der Waals surface area contributed by atoms with Crippen molar-refractivity contribution >= 4 is 11.8 Å². The van der Waals surface area contributed by atoms with Gasteiger partial charge in [0.05, 0.1) is 17.6 Å². The predicted octanol–water partition coefficient (Wildman–Crippen LogP) is 4.08. The van der Waals surface area contributed by atoms with Crippen molar-refractivity contribution in [3.63, 3.8) is 0 Å². The van der Waals surface area contributed by atoms with Gasteiger partial charge in [0.15, 0.2) is 6.61 Å². The zero-order valence-electron chi connectivity index (χ0n) is 18.3. The Morgan fingerprint density at radius 1 is 0.938 bits per heavy atom. The standard InChI is InChI=1S/C25H24N4O3/c1-17-13-22(18(2)28(17)15-20-7-5-4-6-8-20)24(30)16-32-25(31)23-14-27-29(19(23)3)21-9-11-26-12-10-21/h4-14H,15-16H2,1-3H3. The van der Waals surface area contributed by atoms with Crippen LogP contribution in [-0.2, 0) is 11.3 Å². The van der Waals surface area contributed by atoms with Crippen molar-refractivity contribution < 1.29 is 14.3 Å². The van der Waals surface area contributed by atoms with Gasteiger partial charge in [-0.25, -0.2) is 9.48 Å². The largest absolute Gasteiger partial charge is 0.454 e. The number of esters is 1. The molecule has 0 aliphatic rings. The molecule has 0 bridgehead atoms. The molecule has 0 fully saturated rings. The molecule has 0 aliphatic heterocycles. The van der Waals surface area contributed by atoms with E-state index in [0.717, 1.165) is 22.6 Å². The SMILES string of the molecule is Cc1c(C(=O)OCC(=O)c2cc(C)n(Cc3ccccc3)c2C)cnn1-c1ccncc1. The summed E-state index contributed by atoms with van der Waals surface area (Å²) in [7, 11) is 0. The Hall–Kier alpha value is -4.00. The maximum Gasteiger partial charge on any atom is 0.342 e. The maximum absolute atomic E-state index is 12.8. The number of carbonyl (C=O) groups is 2. The molecule has 0 saturated carbocycles. The molecule has 0 radical (unpaired) electrons. The molecule has 7 nitrogen and oxygen atoms in total. The van der Waals surface area contributed by atoms with Gasteiger partial charge in [0.1, 0.15) is 5.56 Å². The quantitative estimate of drug-likeness (QED) is 0.327. The monoisotopic (exact) mass is 428 g/mol. The van der Waals surface area contributed by atoms with Gasteiger partial charge < -0.3 is 9.30 Å². The summed E-state index contributed by atoms with van der Waals surface area (Å²) in [6.45, 7) is 6.01. The van der Waals surface area contributed by atoms with Gasteiger partial charge in [0.2, 0.25) is 5.78 Å². The van der Waals surface area contributed by atoms with Crippen molar-refractivity contribution in [3.8, 4) is 5.69 Å². The van der Waals surface area contributed by atoms with E-state index in [1.54, 1.807) is 36.1 Å². The van der Waals surface area contributed by atoms with E-state index in [4.69, 9.17) is 4.74 Å². The summed E-state index contributed by atoms with van der Waals surface area (Å²) < 4.78 is 9.06. The number of ketones is 1. The van der Waals surface area contributed by atoms with Crippen molar-refractivity contribution in [1.29, 1.82) is 0 Å². The van der Waals surface area contributed by atoms with Crippen LogP contribution in [0.15, 0.2) is 67.1 Å². The fourth-order valence-corrected chi connectivity index (χ4v) is 3.73. The Labute approximate surface area is 186 Å². The Balaban J connectivity index is 1.45. The van der Waals surface area contributed by atoms with Crippen molar-refractivity contribution in [2.75, 3.05) is 6.61 Å². The lowest BCUT2D eigenvalue weighted by atomic mass is 10.1. The summed E-state index contributed by atoms with van der Waals surface area (Å²) in [5.74, 6) is -0.806. The van der Waals surface area contributed by atoms with Crippen molar-refractivity contribution in [3.05, 3.63) is 101 Å². The van der Waals surface area contributed by atoms with E-state index in [0.29, 0.717) is 23.4 Å². The number of Topliss-reactive ketones (excluding diaryl/α,β-unsaturated/α-hetero) is 1. The number of hydrogen-bond acceptors (Lipinski definition) is 5. The topological polar surface area (TPSA) is 79.0 Å². The first-order chi connectivity index (χ1) is 15.5. The van der Waals surface area contributed by atoms with Crippen molar-refractivity contribution in [2.45, 2.75) is 27.3 Å². The Bertz CT molecular complexity index is 1260. The minimum Gasteiger partial charge on any atom is -0.454 e. The number of nitrogens with zero attached hydrogens (tertiary/aromatic N) is 4. The van der Waals surface area contributed by atoms with Crippen LogP contribution in [0, 0.1) is 20.8 Å². The molecule has 0 unspecified atom stereocenters. The molecule has 7 heteroatoms. The van der Waals surface area contributed by atoms with Crippen LogP contribution in [0.2, 0.25) is 0 Å². The van der Waals surface area contributed by atoms with Crippen LogP contribution in [0.4, 0.5) is 0 Å². The molecule has 32 heavy (non-hydrogen) atoms. The smallest absolute Gasteiger partial charge is 0.342 e. The van der Waals surface area contributed by atoms with Crippen LogP contribution in [0.3, 0.4) is 0 Å². The van der Waals surface area contributed by atoms with Gasteiger partial charge in [-0.2, -0.15) is 5.10 Å². The van der Waals surface area contributed by atoms with Crippen LogP contribution in [-0.4, -0.2) is 37.7 Å². The highest BCUT2D eigenvalue weighted by molar-refractivity contribution is 6.00. The number of hydrogen-bond donors (Lipinski definition) is 0. The first-order valence-electron chi connectivity index (χ1n) is 10.3. The number of pyridine rings is 1. The third-order valence-electron chi connectivity index (χ3n) is 5.53. The Morgan fingerprint density at radius 3 is 2.38 bits per heavy atom. The Morgan fingerprint density at radius 2 is 1.66 bits per heavy atom. The van der Waals surface area contributed by atoms with Gasteiger partial charge in [-0.1, -0.05) is 30.3 Å². The number of rotatable bonds is 7. The van der Waals surface area contributed by atoms with E-state index in [9.17, 15) is 9.59 Å². The third-order valence-corrected chi connectivity index (χ3v) is 5.53. The zero-order valence-corrected chi connectivity index (χ0v) is 18.3. The lowest BCUT2D eigenvalue weighted by molar-refractivity contribution is 0.0473. The molecule has 4 rings (SSSR count). The summed E-state index contributed by atoms with van der Waals surface area (Å²) in [5.41, 5.74) is 5.30. The predicted molar refractivity (Wildman–Crippen MR) is 120 cm³/mol. The van der Waals surface area contributed by atoms with Gasteiger partial charge in [0, 0.05) is 35.9 Å². The highest BCUT2D eigenvalue weighted by atomic mass is 16.5. The summed E-state index contributed by atoms with van der Waals surface area (Å²) in [4.78, 5) is 29.4. The van der Waals surface area contributed by atoms with Crippen LogP contribution in [0.5, 0.6) is 0 Å². The van der Waals surface area contributed by atoms with Crippen LogP contribution >= 0.6 is 0 Å². The molecule has 0 atom stereocenters. The lowest BCUT2D eigenvalue weighted by Crippen LogP contribution is -2.16. The average Bonchev–Trinajstić information content (AvgIpc) is 3.33. The number of aryl methyl sites for hydroxylation is 1. The first kappa shape index (κ1) is 21.2. The maximum atomic E-state index is 12.8. The zero-order chi connectivity index (χ0) is 22.7. The molecule has 0 saturated heterocycles. The van der Waals surface area contributed by atoms with Gasteiger partial charge in [0.25, 0.3) is 0 Å². The van der Waals surface area contributed by atoms with Crippen LogP contribution in [0.1, 0.15) is 43.4 Å². The van der Waals surface area contributed by atoms with Gasteiger partial charge in [-0.3, -0.25) is 9.78 Å². The van der Waals surface area contributed by atoms with Crippen LogP contribution < -0.4 is 0 Å². The van der Waals surface area contributed by atoms with E-state index in [1.165, 1.54) is 6.20 Å². The normalized spacial score (nSPS) is 10.8. The molecule has 0 spiro atoms. The van der Waals surface area contributed by atoms with E-state index < -0.39 is 5.97 Å². The lowest BCUT2D eigenvalue weighted by Gasteiger charge is -2.10. The van der Waals surface area contributed by atoms with Crippen molar-refractivity contribution in [1.82, 2.24) is 19.3 Å². The Kier molecular flexibility index (Phi) is 5.98. The summed E-state index contributed by atoms with van der Waals surface area (Å²) in [5, 5.41) is 4.26. The van der Waals surface area contributed by atoms with Crippen molar-refractivity contribution in [2.24, 2.45) is 0 Å². The number of benzene rings is 1. The number of carbonyl (C=O) groups excluding carboxylic acids is 2. The minimum atomic E-state index is -0.575.